The lowest BCUT2D eigenvalue weighted by molar-refractivity contribution is -0.0808. The van der Waals surface area contributed by atoms with E-state index in [2.05, 4.69) is 52.7 Å². The van der Waals surface area contributed by atoms with E-state index >= 15 is 0 Å². The molecule has 0 fully saturated rings. The summed E-state index contributed by atoms with van der Waals surface area (Å²) >= 11 is 3.47. The van der Waals surface area contributed by atoms with Crippen molar-refractivity contribution in [3.05, 3.63) is 94.9 Å². The van der Waals surface area contributed by atoms with Gasteiger partial charge in [0.2, 0.25) is 0 Å². The average Bonchev–Trinajstić information content (AvgIpc) is 2.63. The molecule has 1 aliphatic heterocycles. The number of hydrogen-bond donors (Lipinski definition) is 0. The van der Waals surface area contributed by atoms with Crippen molar-refractivity contribution in [3.63, 3.8) is 0 Å². The van der Waals surface area contributed by atoms with Crippen molar-refractivity contribution in [2.75, 3.05) is 6.73 Å². The third kappa shape index (κ3) is 3.86. The number of halogens is 2. The number of benzene rings is 2. The van der Waals surface area contributed by atoms with Gasteiger partial charge in [-0.2, -0.15) is 0 Å². The minimum Gasteiger partial charge on any atom is -0.348 e. The lowest BCUT2D eigenvalue weighted by atomic mass is 9.89. The second-order valence-corrected chi connectivity index (χ2v) is 7.14. The maximum atomic E-state index is 13.3. The SMILES string of the molecule is C=CC[C@]1(c2ccc(F)cc2)C=CN([C@@H](C)c2ccc(Br)cc2)CO1. The lowest BCUT2D eigenvalue weighted by Crippen LogP contribution is -2.38. The molecule has 0 spiro atoms. The topological polar surface area (TPSA) is 12.5 Å². The molecule has 0 N–H and O–H groups in total. The Balaban J connectivity index is 1.84. The Bertz CT molecular complexity index is 756. The van der Waals surface area contributed by atoms with E-state index < -0.39 is 5.60 Å². The van der Waals surface area contributed by atoms with Gasteiger partial charge in [0.15, 0.2) is 0 Å². The quantitative estimate of drug-likeness (QED) is 0.576. The molecule has 1 aliphatic rings. The standard InChI is InChI=1S/C21H21BrFNO/c1-3-12-21(18-6-10-20(23)11-7-18)13-14-24(15-25-21)16(2)17-4-8-19(22)9-5-17/h3-11,13-14,16H,1,12,15H2,2H3/t16-,21+/m0/s1. The van der Waals surface area contributed by atoms with Crippen molar-refractivity contribution in [1.82, 2.24) is 4.90 Å². The van der Waals surface area contributed by atoms with Crippen LogP contribution in [0.1, 0.15) is 30.5 Å². The monoisotopic (exact) mass is 401 g/mol. The molecule has 1 heterocycles. The second kappa shape index (κ2) is 7.54. The van der Waals surface area contributed by atoms with Crippen LogP contribution in [0.2, 0.25) is 0 Å². The summed E-state index contributed by atoms with van der Waals surface area (Å²) < 4.78 is 20.6. The van der Waals surface area contributed by atoms with Crippen LogP contribution in [0, 0.1) is 5.82 Å². The third-order valence-corrected chi connectivity index (χ3v) is 5.17. The fraction of sp³-hybridized carbons (Fsp3) is 0.238. The summed E-state index contributed by atoms with van der Waals surface area (Å²) in [6.45, 7) is 6.45. The van der Waals surface area contributed by atoms with Crippen LogP contribution in [0.5, 0.6) is 0 Å². The van der Waals surface area contributed by atoms with Gasteiger partial charge in [-0.05, 0) is 48.4 Å². The van der Waals surface area contributed by atoms with Crippen LogP contribution in [-0.2, 0) is 10.3 Å². The molecule has 0 radical (unpaired) electrons. The highest BCUT2D eigenvalue weighted by Crippen LogP contribution is 2.36. The Labute approximate surface area is 156 Å². The highest BCUT2D eigenvalue weighted by molar-refractivity contribution is 9.10. The zero-order valence-electron chi connectivity index (χ0n) is 14.2. The predicted molar refractivity (Wildman–Crippen MR) is 102 cm³/mol. The highest BCUT2D eigenvalue weighted by Gasteiger charge is 2.33. The first-order valence-corrected chi connectivity index (χ1v) is 9.05. The summed E-state index contributed by atoms with van der Waals surface area (Å²) in [5.41, 5.74) is 1.56. The molecule has 2 nitrogen and oxygen atoms in total. The minimum atomic E-state index is -0.592. The van der Waals surface area contributed by atoms with Crippen LogP contribution in [-0.4, -0.2) is 11.6 Å². The molecule has 25 heavy (non-hydrogen) atoms. The van der Waals surface area contributed by atoms with Crippen LogP contribution < -0.4 is 0 Å². The number of hydrogen-bond acceptors (Lipinski definition) is 2. The largest absolute Gasteiger partial charge is 0.348 e. The first kappa shape index (κ1) is 17.9. The van der Waals surface area contributed by atoms with E-state index in [-0.39, 0.29) is 11.9 Å². The summed E-state index contributed by atoms with van der Waals surface area (Å²) in [5, 5.41) is 0. The Kier molecular flexibility index (Phi) is 5.40. The van der Waals surface area contributed by atoms with Gasteiger partial charge in [0, 0.05) is 17.1 Å². The van der Waals surface area contributed by atoms with E-state index in [1.807, 2.05) is 24.3 Å². The third-order valence-electron chi connectivity index (χ3n) is 4.64. The highest BCUT2D eigenvalue weighted by atomic mass is 79.9. The molecule has 2 atom stereocenters. The van der Waals surface area contributed by atoms with Gasteiger partial charge in [0.25, 0.3) is 0 Å². The van der Waals surface area contributed by atoms with E-state index in [9.17, 15) is 4.39 Å². The first-order valence-electron chi connectivity index (χ1n) is 8.25. The number of rotatable bonds is 5. The molecule has 0 saturated carbocycles. The molecule has 4 heteroatoms. The maximum absolute atomic E-state index is 13.3. The van der Waals surface area contributed by atoms with Gasteiger partial charge in [-0.15, -0.1) is 6.58 Å². The van der Waals surface area contributed by atoms with Crippen molar-refractivity contribution in [2.45, 2.75) is 25.0 Å². The Morgan fingerprint density at radius 3 is 2.48 bits per heavy atom. The van der Waals surface area contributed by atoms with Gasteiger partial charge < -0.3 is 9.64 Å². The van der Waals surface area contributed by atoms with E-state index in [1.54, 1.807) is 12.1 Å². The molecule has 3 rings (SSSR count). The molecule has 0 amide bonds. The van der Waals surface area contributed by atoms with Gasteiger partial charge in [0.05, 0.1) is 6.04 Å². The molecule has 2 aromatic carbocycles. The smallest absolute Gasteiger partial charge is 0.123 e. The zero-order chi connectivity index (χ0) is 17.9. The summed E-state index contributed by atoms with van der Waals surface area (Å²) in [6.07, 6.45) is 6.58. The molecule has 0 saturated heterocycles. The summed E-state index contributed by atoms with van der Waals surface area (Å²) in [5.74, 6) is -0.247. The van der Waals surface area contributed by atoms with E-state index in [4.69, 9.17) is 4.74 Å². The molecule has 0 aliphatic carbocycles. The van der Waals surface area contributed by atoms with E-state index in [0.717, 1.165) is 10.0 Å². The normalized spacial score (nSPS) is 21.2. The molecule has 0 aromatic heterocycles. The minimum absolute atomic E-state index is 0.194. The average molecular weight is 402 g/mol. The van der Waals surface area contributed by atoms with Crippen LogP contribution >= 0.6 is 15.9 Å². The zero-order valence-corrected chi connectivity index (χ0v) is 15.7. The van der Waals surface area contributed by atoms with Crippen molar-refractivity contribution in [3.8, 4) is 0 Å². The molecular formula is C21H21BrFNO. The van der Waals surface area contributed by atoms with Crippen molar-refractivity contribution in [1.29, 1.82) is 0 Å². The van der Waals surface area contributed by atoms with Gasteiger partial charge in [0.1, 0.15) is 18.1 Å². The van der Waals surface area contributed by atoms with E-state index in [0.29, 0.717) is 13.2 Å². The van der Waals surface area contributed by atoms with E-state index in [1.165, 1.54) is 17.7 Å². The Morgan fingerprint density at radius 2 is 1.92 bits per heavy atom. The molecular weight excluding hydrogens is 381 g/mol. The van der Waals surface area contributed by atoms with Gasteiger partial charge in [-0.3, -0.25) is 0 Å². The summed E-state index contributed by atoms with van der Waals surface area (Å²) in [6, 6.07) is 15.0. The molecule has 130 valence electrons. The van der Waals surface area contributed by atoms with Crippen LogP contribution in [0.25, 0.3) is 0 Å². The second-order valence-electron chi connectivity index (χ2n) is 6.22. The molecule has 0 unspecified atom stereocenters. The lowest BCUT2D eigenvalue weighted by Gasteiger charge is -2.40. The Hall–Kier alpha value is -1.91. The predicted octanol–water partition coefficient (Wildman–Crippen LogP) is 5.92. The maximum Gasteiger partial charge on any atom is 0.123 e. The van der Waals surface area contributed by atoms with Crippen molar-refractivity contribution >= 4 is 15.9 Å². The van der Waals surface area contributed by atoms with Gasteiger partial charge in [-0.1, -0.05) is 46.3 Å². The fourth-order valence-electron chi connectivity index (χ4n) is 3.04. The van der Waals surface area contributed by atoms with Crippen LogP contribution in [0.4, 0.5) is 4.39 Å². The van der Waals surface area contributed by atoms with Gasteiger partial charge in [-0.25, -0.2) is 4.39 Å². The summed E-state index contributed by atoms with van der Waals surface area (Å²) in [4.78, 5) is 2.15. The number of ether oxygens (including phenoxy) is 1. The Morgan fingerprint density at radius 1 is 1.24 bits per heavy atom. The first-order chi connectivity index (χ1) is 12.0. The van der Waals surface area contributed by atoms with Crippen molar-refractivity contribution < 1.29 is 9.13 Å². The van der Waals surface area contributed by atoms with Crippen molar-refractivity contribution in [2.24, 2.45) is 0 Å². The molecule has 2 aromatic rings. The fourth-order valence-corrected chi connectivity index (χ4v) is 3.31. The van der Waals surface area contributed by atoms with Crippen LogP contribution in [0.15, 0.2) is 77.9 Å². The van der Waals surface area contributed by atoms with Crippen LogP contribution in [0.3, 0.4) is 0 Å². The number of nitrogens with zero attached hydrogens (tertiary/aromatic N) is 1. The molecule has 0 bridgehead atoms. The summed E-state index contributed by atoms with van der Waals surface area (Å²) in [7, 11) is 0. The van der Waals surface area contributed by atoms with Gasteiger partial charge >= 0.3 is 0 Å².